The van der Waals surface area contributed by atoms with Crippen molar-refractivity contribution >= 4 is 33.7 Å². The van der Waals surface area contributed by atoms with Gasteiger partial charge in [-0.05, 0) is 30.5 Å². The molecule has 1 unspecified atom stereocenters. The number of carbonyl (C=O) groups excluding carboxylic acids is 3. The topological polar surface area (TPSA) is 63.7 Å². The largest absolute Gasteiger partial charge is 0.460 e. The van der Waals surface area contributed by atoms with Crippen LogP contribution in [0.2, 0.25) is 0 Å². The lowest BCUT2D eigenvalue weighted by molar-refractivity contribution is -0.144. The Morgan fingerprint density at radius 3 is 2.15 bits per heavy atom. The normalized spacial score (nSPS) is 14.3. The van der Waals surface area contributed by atoms with Gasteiger partial charge in [-0.25, -0.2) is 0 Å². The van der Waals surface area contributed by atoms with Crippen LogP contribution in [0.5, 0.6) is 0 Å². The molecule has 1 heterocycles. The van der Waals surface area contributed by atoms with Gasteiger partial charge in [0.25, 0.3) is 11.8 Å². The summed E-state index contributed by atoms with van der Waals surface area (Å²) in [6.45, 7) is 0.501. The number of amides is 2. The van der Waals surface area contributed by atoms with Crippen molar-refractivity contribution in [1.29, 1.82) is 0 Å². The van der Waals surface area contributed by atoms with Gasteiger partial charge in [0.1, 0.15) is 11.4 Å². The molecule has 1 atom stereocenters. The quantitative estimate of drug-likeness (QED) is 0.393. The van der Waals surface area contributed by atoms with E-state index in [2.05, 4.69) is 15.9 Å². The highest BCUT2D eigenvalue weighted by molar-refractivity contribution is 9.10. The monoisotopic (exact) mass is 415 g/mol. The smallest absolute Gasteiger partial charge is 0.320 e. The first kappa shape index (κ1) is 18.3. The first-order valence-corrected chi connectivity index (χ1v) is 9.29. The van der Waals surface area contributed by atoms with Gasteiger partial charge in [0.05, 0.1) is 11.1 Å². The van der Waals surface area contributed by atoms with Gasteiger partial charge in [0.2, 0.25) is 0 Å². The predicted molar refractivity (Wildman–Crippen MR) is 100.0 cm³/mol. The zero-order chi connectivity index (χ0) is 18.5. The predicted octanol–water partition coefficient (Wildman–Crippen LogP) is 3.57. The lowest BCUT2D eigenvalue weighted by Gasteiger charge is -2.15. The van der Waals surface area contributed by atoms with E-state index < -0.39 is 4.83 Å². The number of esters is 1. The van der Waals surface area contributed by atoms with E-state index in [0.29, 0.717) is 24.0 Å². The van der Waals surface area contributed by atoms with Gasteiger partial charge in [0.15, 0.2) is 0 Å². The summed E-state index contributed by atoms with van der Waals surface area (Å²) in [6, 6.07) is 16.2. The lowest BCUT2D eigenvalue weighted by Crippen LogP contribution is -2.31. The van der Waals surface area contributed by atoms with Gasteiger partial charge < -0.3 is 4.74 Å². The van der Waals surface area contributed by atoms with Gasteiger partial charge in [-0.15, -0.1) is 0 Å². The van der Waals surface area contributed by atoms with Crippen LogP contribution in [0.3, 0.4) is 0 Å². The second-order valence-corrected chi connectivity index (χ2v) is 7.12. The number of nitrogens with zero attached hydrogens (tertiary/aromatic N) is 1. The van der Waals surface area contributed by atoms with Crippen LogP contribution in [0.1, 0.15) is 39.1 Å². The van der Waals surface area contributed by atoms with Crippen LogP contribution in [-0.2, 0) is 16.1 Å². The maximum atomic E-state index is 12.3. The Labute approximate surface area is 160 Å². The van der Waals surface area contributed by atoms with E-state index in [0.717, 1.165) is 5.56 Å². The van der Waals surface area contributed by atoms with Gasteiger partial charge in [0, 0.05) is 6.54 Å². The molecule has 134 valence electrons. The minimum atomic E-state index is -0.471. The molecule has 6 heteroatoms. The van der Waals surface area contributed by atoms with Gasteiger partial charge in [-0.2, -0.15) is 0 Å². The van der Waals surface area contributed by atoms with Crippen LogP contribution in [0, 0.1) is 0 Å². The Hall–Kier alpha value is -2.47. The highest BCUT2D eigenvalue weighted by Crippen LogP contribution is 2.23. The van der Waals surface area contributed by atoms with E-state index in [1.807, 2.05) is 30.3 Å². The van der Waals surface area contributed by atoms with Crippen molar-refractivity contribution < 1.29 is 19.1 Å². The molecule has 3 rings (SSSR count). The zero-order valence-corrected chi connectivity index (χ0v) is 15.6. The molecule has 1 aliphatic heterocycles. The van der Waals surface area contributed by atoms with Gasteiger partial charge in [-0.1, -0.05) is 58.4 Å². The van der Waals surface area contributed by atoms with Crippen LogP contribution in [-0.4, -0.2) is 34.1 Å². The van der Waals surface area contributed by atoms with Crippen molar-refractivity contribution in [3.8, 4) is 0 Å². The van der Waals surface area contributed by atoms with E-state index in [4.69, 9.17) is 4.74 Å². The molecule has 26 heavy (non-hydrogen) atoms. The van der Waals surface area contributed by atoms with E-state index in [-0.39, 0.29) is 30.9 Å². The van der Waals surface area contributed by atoms with Crippen molar-refractivity contribution in [3.63, 3.8) is 0 Å². The molecule has 2 aromatic rings. The van der Waals surface area contributed by atoms with Crippen LogP contribution in [0.25, 0.3) is 0 Å². The molecule has 0 N–H and O–H groups in total. The average molecular weight is 416 g/mol. The first-order valence-electron chi connectivity index (χ1n) is 8.38. The summed E-state index contributed by atoms with van der Waals surface area (Å²) >= 11 is 3.32. The summed E-state index contributed by atoms with van der Waals surface area (Å²) < 4.78 is 5.27. The minimum absolute atomic E-state index is 0.222. The molecule has 0 bridgehead atoms. The summed E-state index contributed by atoms with van der Waals surface area (Å²) in [5.74, 6) is -0.900. The van der Waals surface area contributed by atoms with E-state index in [9.17, 15) is 14.4 Å². The van der Waals surface area contributed by atoms with Crippen LogP contribution in [0.4, 0.5) is 0 Å². The molecule has 1 aliphatic rings. The maximum Gasteiger partial charge on any atom is 0.320 e. The SMILES string of the molecule is O=C(OCc1ccccc1)C(Br)CCCN1C(=O)c2ccccc2C1=O. The minimum Gasteiger partial charge on any atom is -0.460 e. The van der Waals surface area contributed by atoms with Crippen molar-refractivity contribution in [3.05, 3.63) is 71.3 Å². The summed E-state index contributed by atoms with van der Waals surface area (Å²) in [6.07, 6.45) is 0.989. The zero-order valence-electron chi connectivity index (χ0n) is 14.1. The van der Waals surface area contributed by atoms with Crippen molar-refractivity contribution in [2.45, 2.75) is 24.3 Å². The molecule has 2 aromatic carbocycles. The molecule has 5 nitrogen and oxygen atoms in total. The highest BCUT2D eigenvalue weighted by Gasteiger charge is 2.34. The van der Waals surface area contributed by atoms with Crippen molar-refractivity contribution in [2.24, 2.45) is 0 Å². The Bertz CT molecular complexity index is 787. The Morgan fingerprint density at radius 1 is 0.962 bits per heavy atom. The summed E-state index contributed by atoms with van der Waals surface area (Å²) in [7, 11) is 0. The number of ether oxygens (including phenoxy) is 1. The highest BCUT2D eigenvalue weighted by atomic mass is 79.9. The number of hydrogen-bond acceptors (Lipinski definition) is 4. The number of halogens is 1. The van der Waals surface area contributed by atoms with E-state index >= 15 is 0 Å². The third-order valence-corrected chi connectivity index (χ3v) is 5.03. The number of fused-ring (bicyclic) bond motifs is 1. The van der Waals surface area contributed by atoms with Crippen LogP contribution < -0.4 is 0 Å². The lowest BCUT2D eigenvalue weighted by atomic mass is 10.1. The van der Waals surface area contributed by atoms with Crippen LogP contribution in [0.15, 0.2) is 54.6 Å². The maximum absolute atomic E-state index is 12.3. The molecule has 0 aliphatic carbocycles. The number of rotatable bonds is 7. The molecule has 0 spiro atoms. The molecule has 0 radical (unpaired) electrons. The molecular formula is C20H18BrNO4. The first-order chi connectivity index (χ1) is 12.6. The molecule has 0 saturated heterocycles. The summed E-state index contributed by atoms with van der Waals surface area (Å²) in [5, 5.41) is 0. The van der Waals surface area contributed by atoms with Crippen molar-refractivity contribution in [1.82, 2.24) is 4.90 Å². The number of imide groups is 1. The summed E-state index contributed by atoms with van der Waals surface area (Å²) in [4.78, 5) is 37.4. The standard InChI is InChI=1S/C20H18BrNO4/c21-17(20(25)26-13-14-7-2-1-3-8-14)11-6-12-22-18(23)15-9-4-5-10-16(15)19(22)24/h1-5,7-10,17H,6,11-13H2. The summed E-state index contributed by atoms with van der Waals surface area (Å²) in [5.41, 5.74) is 1.80. The molecule has 0 fully saturated rings. The fourth-order valence-electron chi connectivity index (χ4n) is 2.81. The van der Waals surface area contributed by atoms with Gasteiger partial charge in [-0.3, -0.25) is 19.3 Å². The fourth-order valence-corrected chi connectivity index (χ4v) is 3.26. The van der Waals surface area contributed by atoms with Gasteiger partial charge >= 0.3 is 5.97 Å². The van der Waals surface area contributed by atoms with E-state index in [1.165, 1.54) is 4.90 Å². The number of alkyl halides is 1. The number of carbonyl (C=O) groups is 3. The third-order valence-electron chi connectivity index (χ3n) is 4.20. The number of hydrogen-bond donors (Lipinski definition) is 0. The second-order valence-electron chi connectivity index (χ2n) is 6.01. The van der Waals surface area contributed by atoms with Crippen LogP contribution >= 0.6 is 15.9 Å². The molecular weight excluding hydrogens is 398 g/mol. The molecule has 0 saturated carbocycles. The number of benzene rings is 2. The Kier molecular flexibility index (Phi) is 5.83. The van der Waals surface area contributed by atoms with Crippen molar-refractivity contribution in [2.75, 3.05) is 6.54 Å². The molecule has 0 aromatic heterocycles. The third kappa shape index (κ3) is 4.02. The Balaban J connectivity index is 1.45. The average Bonchev–Trinajstić information content (AvgIpc) is 2.92. The second kappa shape index (κ2) is 8.27. The Morgan fingerprint density at radius 2 is 1.54 bits per heavy atom. The fraction of sp³-hybridized carbons (Fsp3) is 0.250. The molecule has 2 amide bonds. The van der Waals surface area contributed by atoms with E-state index in [1.54, 1.807) is 24.3 Å².